The summed E-state index contributed by atoms with van der Waals surface area (Å²) in [5.74, 6) is 1.02. The SMILES string of the molecule is O=C(NCCc1noc(-c2ccccc2)n1)[C@H]1CCCO1. The molecule has 0 unspecified atom stereocenters. The third kappa shape index (κ3) is 3.46. The summed E-state index contributed by atoms with van der Waals surface area (Å²) >= 11 is 0. The molecule has 0 saturated carbocycles. The molecule has 110 valence electrons. The van der Waals surface area contributed by atoms with Crippen LogP contribution in [0.4, 0.5) is 0 Å². The van der Waals surface area contributed by atoms with E-state index in [-0.39, 0.29) is 12.0 Å². The molecule has 1 aliphatic heterocycles. The fourth-order valence-corrected chi connectivity index (χ4v) is 2.25. The Labute approximate surface area is 122 Å². The van der Waals surface area contributed by atoms with Crippen LogP contribution in [-0.4, -0.2) is 35.3 Å². The maximum Gasteiger partial charge on any atom is 0.257 e. The molecule has 1 N–H and O–H groups in total. The molecule has 1 aliphatic rings. The summed E-state index contributed by atoms with van der Waals surface area (Å²) in [6.45, 7) is 1.15. The van der Waals surface area contributed by atoms with E-state index in [4.69, 9.17) is 9.26 Å². The molecule has 1 aromatic heterocycles. The molecular formula is C15H17N3O3. The van der Waals surface area contributed by atoms with Gasteiger partial charge in [0.2, 0.25) is 5.91 Å². The van der Waals surface area contributed by atoms with Gasteiger partial charge in [0.25, 0.3) is 5.89 Å². The molecule has 6 heteroatoms. The van der Waals surface area contributed by atoms with Crippen LogP contribution < -0.4 is 5.32 Å². The first-order valence-corrected chi connectivity index (χ1v) is 7.10. The number of carbonyl (C=O) groups excluding carboxylic acids is 1. The molecule has 0 radical (unpaired) electrons. The highest BCUT2D eigenvalue weighted by Crippen LogP contribution is 2.16. The van der Waals surface area contributed by atoms with Gasteiger partial charge in [0.15, 0.2) is 5.82 Å². The van der Waals surface area contributed by atoms with Crippen molar-refractivity contribution in [3.63, 3.8) is 0 Å². The summed E-state index contributed by atoms with van der Waals surface area (Å²) in [5.41, 5.74) is 0.889. The first-order valence-electron chi connectivity index (χ1n) is 7.10. The highest BCUT2D eigenvalue weighted by molar-refractivity contribution is 5.80. The van der Waals surface area contributed by atoms with Crippen LogP contribution in [0, 0.1) is 0 Å². The van der Waals surface area contributed by atoms with Crippen molar-refractivity contribution in [3.05, 3.63) is 36.2 Å². The van der Waals surface area contributed by atoms with Gasteiger partial charge in [0.1, 0.15) is 6.10 Å². The van der Waals surface area contributed by atoms with E-state index >= 15 is 0 Å². The minimum atomic E-state index is -0.296. The normalized spacial score (nSPS) is 17.8. The molecule has 21 heavy (non-hydrogen) atoms. The molecule has 1 saturated heterocycles. The molecule has 0 spiro atoms. The zero-order chi connectivity index (χ0) is 14.5. The zero-order valence-electron chi connectivity index (χ0n) is 11.6. The van der Waals surface area contributed by atoms with Gasteiger partial charge in [-0.3, -0.25) is 4.79 Å². The molecule has 1 amide bonds. The number of aromatic nitrogens is 2. The van der Waals surface area contributed by atoms with E-state index < -0.39 is 0 Å². The minimum absolute atomic E-state index is 0.0562. The van der Waals surface area contributed by atoms with E-state index in [1.54, 1.807) is 0 Å². The quantitative estimate of drug-likeness (QED) is 0.903. The van der Waals surface area contributed by atoms with Crippen molar-refractivity contribution in [1.82, 2.24) is 15.5 Å². The molecular weight excluding hydrogens is 270 g/mol. The fraction of sp³-hybridized carbons (Fsp3) is 0.400. The van der Waals surface area contributed by atoms with Gasteiger partial charge in [-0.1, -0.05) is 23.4 Å². The lowest BCUT2D eigenvalue weighted by atomic mass is 10.2. The number of nitrogens with zero attached hydrogens (tertiary/aromatic N) is 2. The molecule has 2 aromatic rings. The first kappa shape index (κ1) is 13.8. The van der Waals surface area contributed by atoms with E-state index in [0.717, 1.165) is 18.4 Å². The van der Waals surface area contributed by atoms with Gasteiger partial charge in [0, 0.05) is 25.1 Å². The molecule has 6 nitrogen and oxygen atoms in total. The van der Waals surface area contributed by atoms with E-state index in [1.807, 2.05) is 30.3 Å². The van der Waals surface area contributed by atoms with Crippen LogP contribution in [0.3, 0.4) is 0 Å². The lowest BCUT2D eigenvalue weighted by Crippen LogP contribution is -2.35. The van der Waals surface area contributed by atoms with Crippen molar-refractivity contribution in [2.45, 2.75) is 25.4 Å². The highest BCUT2D eigenvalue weighted by atomic mass is 16.5. The summed E-state index contributed by atoms with van der Waals surface area (Å²) in [6, 6.07) is 9.59. The Balaban J connectivity index is 1.50. The van der Waals surface area contributed by atoms with Crippen LogP contribution in [0.15, 0.2) is 34.9 Å². The summed E-state index contributed by atoms with van der Waals surface area (Å²) in [5, 5.41) is 6.75. The van der Waals surface area contributed by atoms with Crippen molar-refractivity contribution in [2.75, 3.05) is 13.2 Å². The van der Waals surface area contributed by atoms with Gasteiger partial charge in [-0.25, -0.2) is 0 Å². The number of benzene rings is 1. The third-order valence-corrected chi connectivity index (χ3v) is 3.36. The van der Waals surface area contributed by atoms with Crippen LogP contribution in [0.5, 0.6) is 0 Å². The number of amides is 1. The number of rotatable bonds is 5. The van der Waals surface area contributed by atoms with Crippen LogP contribution in [0.25, 0.3) is 11.5 Å². The Bertz CT molecular complexity index is 591. The van der Waals surface area contributed by atoms with Crippen LogP contribution >= 0.6 is 0 Å². The van der Waals surface area contributed by atoms with Gasteiger partial charge in [-0.15, -0.1) is 0 Å². The van der Waals surface area contributed by atoms with Crippen molar-refractivity contribution < 1.29 is 14.1 Å². The molecule has 1 fully saturated rings. The summed E-state index contributed by atoms with van der Waals surface area (Å²) in [6.07, 6.45) is 1.99. The molecule has 1 aromatic carbocycles. The summed E-state index contributed by atoms with van der Waals surface area (Å²) in [4.78, 5) is 16.1. The lowest BCUT2D eigenvalue weighted by molar-refractivity contribution is -0.129. The monoisotopic (exact) mass is 287 g/mol. The predicted octanol–water partition coefficient (Wildman–Crippen LogP) is 1.57. The number of nitrogens with one attached hydrogen (secondary N) is 1. The van der Waals surface area contributed by atoms with Crippen molar-refractivity contribution >= 4 is 5.91 Å². The Morgan fingerprint density at radius 3 is 2.95 bits per heavy atom. The third-order valence-electron chi connectivity index (χ3n) is 3.36. The lowest BCUT2D eigenvalue weighted by Gasteiger charge is -2.08. The first-order chi connectivity index (χ1) is 10.3. The van der Waals surface area contributed by atoms with Crippen LogP contribution in [-0.2, 0) is 16.0 Å². The Morgan fingerprint density at radius 1 is 1.33 bits per heavy atom. The average molecular weight is 287 g/mol. The fourth-order valence-electron chi connectivity index (χ4n) is 2.25. The highest BCUT2D eigenvalue weighted by Gasteiger charge is 2.23. The standard InChI is InChI=1S/C15H17N3O3/c19-14(12-7-4-10-20-12)16-9-8-13-17-15(21-18-13)11-5-2-1-3-6-11/h1-3,5-6,12H,4,7-10H2,(H,16,19)/t12-/m1/s1. The molecule has 3 rings (SSSR count). The van der Waals surface area contributed by atoms with Crippen LogP contribution in [0.1, 0.15) is 18.7 Å². The van der Waals surface area contributed by atoms with Crippen molar-refractivity contribution in [1.29, 1.82) is 0 Å². The summed E-state index contributed by atoms with van der Waals surface area (Å²) in [7, 11) is 0. The van der Waals surface area contributed by atoms with Gasteiger partial charge in [0.05, 0.1) is 0 Å². The second-order valence-corrected chi connectivity index (χ2v) is 4.92. The maximum atomic E-state index is 11.8. The average Bonchev–Trinajstić information content (AvgIpc) is 3.20. The van der Waals surface area contributed by atoms with Crippen molar-refractivity contribution in [3.8, 4) is 11.5 Å². The number of carbonyl (C=O) groups is 1. The Kier molecular flexibility index (Phi) is 4.25. The second-order valence-electron chi connectivity index (χ2n) is 4.92. The molecule has 0 bridgehead atoms. The van der Waals surface area contributed by atoms with Crippen molar-refractivity contribution in [2.24, 2.45) is 0 Å². The smallest absolute Gasteiger partial charge is 0.257 e. The number of hydrogen-bond acceptors (Lipinski definition) is 5. The molecule has 2 heterocycles. The number of ether oxygens (including phenoxy) is 1. The van der Waals surface area contributed by atoms with E-state index in [1.165, 1.54) is 0 Å². The van der Waals surface area contributed by atoms with E-state index in [2.05, 4.69) is 15.5 Å². The molecule has 1 atom stereocenters. The Hall–Kier alpha value is -2.21. The van der Waals surface area contributed by atoms with Crippen LogP contribution in [0.2, 0.25) is 0 Å². The predicted molar refractivity (Wildman–Crippen MR) is 75.4 cm³/mol. The Morgan fingerprint density at radius 2 is 2.19 bits per heavy atom. The second kappa shape index (κ2) is 6.49. The maximum absolute atomic E-state index is 11.8. The largest absolute Gasteiger partial charge is 0.368 e. The summed E-state index contributed by atoms with van der Waals surface area (Å²) < 4.78 is 10.5. The molecule has 0 aliphatic carbocycles. The minimum Gasteiger partial charge on any atom is -0.368 e. The van der Waals surface area contributed by atoms with Gasteiger partial charge >= 0.3 is 0 Å². The van der Waals surface area contributed by atoms with Gasteiger partial charge < -0.3 is 14.6 Å². The van der Waals surface area contributed by atoms with E-state index in [9.17, 15) is 4.79 Å². The number of hydrogen-bond donors (Lipinski definition) is 1. The zero-order valence-corrected chi connectivity index (χ0v) is 11.6. The topological polar surface area (TPSA) is 77.3 Å². The van der Waals surface area contributed by atoms with E-state index in [0.29, 0.717) is 31.3 Å². The van der Waals surface area contributed by atoms with Gasteiger partial charge in [-0.2, -0.15) is 4.98 Å². The van der Waals surface area contributed by atoms with Gasteiger partial charge in [-0.05, 0) is 25.0 Å².